The summed E-state index contributed by atoms with van der Waals surface area (Å²) in [6.45, 7) is 4.34. The van der Waals surface area contributed by atoms with Crippen molar-refractivity contribution in [2.75, 3.05) is 0 Å². The molecule has 0 saturated carbocycles. The molecule has 1 aliphatic heterocycles. The highest BCUT2D eigenvalue weighted by molar-refractivity contribution is 6.13. The normalized spacial score (nSPS) is 16.0. The number of hydrogen-bond acceptors (Lipinski definition) is 1. The van der Waals surface area contributed by atoms with E-state index in [0.29, 0.717) is 0 Å². The average Bonchev–Trinajstić information content (AvgIpc) is 3.60. The highest BCUT2D eigenvalue weighted by Crippen LogP contribution is 2.65. The molecular weight excluding hydrogens is 581 g/mol. The maximum Gasteiger partial charge on any atom is 0.135 e. The van der Waals surface area contributed by atoms with Gasteiger partial charge in [-0.25, -0.2) is 0 Å². The van der Waals surface area contributed by atoms with Crippen LogP contribution in [0, 0.1) is 13.8 Å². The van der Waals surface area contributed by atoms with Crippen molar-refractivity contribution in [2.24, 2.45) is 0 Å². The lowest BCUT2D eigenvalue weighted by Gasteiger charge is -2.30. The van der Waals surface area contributed by atoms with E-state index in [4.69, 9.17) is 4.74 Å². The smallest absolute Gasteiger partial charge is 0.135 e. The first-order chi connectivity index (χ1) is 23.6. The molecule has 8 aromatic rings. The highest BCUT2D eigenvalue weighted by Gasteiger charge is 2.52. The monoisotopic (exact) mass is 610 g/mol. The van der Waals surface area contributed by atoms with Crippen molar-refractivity contribution < 1.29 is 4.74 Å². The SMILES string of the molecule is Cc1cc2c(cc1C)-c1cccc3c(-c4cccc5c4-c4ccccc4C54c5ccccc5-c5c4ccc4ccccc54)ccc(c13)O2. The Bertz CT molecular complexity index is 2730. The van der Waals surface area contributed by atoms with Gasteiger partial charge in [0.25, 0.3) is 0 Å². The zero-order valence-corrected chi connectivity index (χ0v) is 26.8. The van der Waals surface area contributed by atoms with Gasteiger partial charge in [-0.3, -0.25) is 0 Å². The molecule has 1 nitrogen and oxygen atoms in total. The zero-order chi connectivity index (χ0) is 31.7. The molecule has 0 bridgehead atoms. The van der Waals surface area contributed by atoms with Crippen molar-refractivity contribution in [3.05, 3.63) is 179 Å². The zero-order valence-electron chi connectivity index (χ0n) is 26.8. The van der Waals surface area contributed by atoms with Crippen LogP contribution >= 0.6 is 0 Å². The van der Waals surface area contributed by atoms with Gasteiger partial charge in [-0.1, -0.05) is 127 Å². The number of benzene rings is 8. The molecule has 0 saturated heterocycles. The third-order valence-electron chi connectivity index (χ3n) is 11.4. The maximum absolute atomic E-state index is 6.61. The number of rotatable bonds is 1. The summed E-state index contributed by atoms with van der Waals surface area (Å²) in [6.07, 6.45) is 0. The van der Waals surface area contributed by atoms with Crippen LogP contribution in [0.5, 0.6) is 11.5 Å². The first kappa shape index (κ1) is 26.2. The second-order valence-corrected chi connectivity index (χ2v) is 13.7. The minimum absolute atomic E-state index is 0.401. The molecule has 0 amide bonds. The summed E-state index contributed by atoms with van der Waals surface area (Å²) < 4.78 is 6.61. The fraction of sp³-hybridized carbons (Fsp3) is 0.0638. The fourth-order valence-corrected chi connectivity index (χ4v) is 9.30. The van der Waals surface area contributed by atoms with E-state index in [2.05, 4.69) is 159 Å². The molecule has 1 heteroatoms. The van der Waals surface area contributed by atoms with Crippen LogP contribution in [0.3, 0.4) is 0 Å². The third-order valence-corrected chi connectivity index (χ3v) is 11.4. The predicted octanol–water partition coefficient (Wildman–Crippen LogP) is 12.4. The van der Waals surface area contributed by atoms with Crippen LogP contribution in [0.2, 0.25) is 0 Å². The van der Waals surface area contributed by atoms with Crippen LogP contribution in [-0.2, 0) is 5.41 Å². The first-order valence-corrected chi connectivity index (χ1v) is 16.9. The summed E-state index contributed by atoms with van der Waals surface area (Å²) in [5.41, 5.74) is 17.8. The molecule has 0 aromatic heterocycles. The molecule has 1 unspecified atom stereocenters. The number of ether oxygens (including phenoxy) is 1. The molecule has 0 radical (unpaired) electrons. The van der Waals surface area contributed by atoms with E-state index in [-0.39, 0.29) is 0 Å². The van der Waals surface area contributed by atoms with Crippen molar-refractivity contribution in [1.82, 2.24) is 0 Å². The largest absolute Gasteiger partial charge is 0.456 e. The van der Waals surface area contributed by atoms with Crippen molar-refractivity contribution in [3.8, 4) is 56.0 Å². The minimum atomic E-state index is -0.401. The van der Waals surface area contributed by atoms with E-state index >= 15 is 0 Å². The van der Waals surface area contributed by atoms with Crippen LogP contribution < -0.4 is 4.74 Å². The van der Waals surface area contributed by atoms with Gasteiger partial charge in [-0.2, -0.15) is 0 Å². The molecule has 11 rings (SSSR count). The number of fused-ring (bicyclic) bond motifs is 14. The molecule has 2 aliphatic carbocycles. The minimum Gasteiger partial charge on any atom is -0.456 e. The molecule has 48 heavy (non-hydrogen) atoms. The lowest BCUT2D eigenvalue weighted by atomic mass is 9.70. The molecule has 1 atom stereocenters. The van der Waals surface area contributed by atoms with Crippen molar-refractivity contribution in [3.63, 3.8) is 0 Å². The summed E-state index contributed by atoms with van der Waals surface area (Å²) in [7, 11) is 0. The lowest BCUT2D eigenvalue weighted by Crippen LogP contribution is -2.25. The quantitative estimate of drug-likeness (QED) is 0.180. The van der Waals surface area contributed by atoms with Gasteiger partial charge in [-0.05, 0) is 121 Å². The molecule has 1 spiro atoms. The molecular formula is C47H30O. The Kier molecular flexibility index (Phi) is 4.97. The van der Waals surface area contributed by atoms with Gasteiger partial charge in [-0.15, -0.1) is 0 Å². The summed E-state index contributed by atoms with van der Waals surface area (Å²) in [4.78, 5) is 0. The highest BCUT2D eigenvalue weighted by atomic mass is 16.5. The molecule has 224 valence electrons. The first-order valence-electron chi connectivity index (χ1n) is 16.9. The van der Waals surface area contributed by atoms with E-state index in [1.54, 1.807) is 0 Å². The van der Waals surface area contributed by atoms with Gasteiger partial charge in [0.15, 0.2) is 0 Å². The topological polar surface area (TPSA) is 9.23 Å². The second kappa shape index (κ2) is 9.12. The molecule has 0 N–H and O–H groups in total. The van der Waals surface area contributed by atoms with Gasteiger partial charge in [0.2, 0.25) is 0 Å². The Morgan fingerprint density at radius 2 is 1.02 bits per heavy atom. The van der Waals surface area contributed by atoms with Gasteiger partial charge < -0.3 is 4.74 Å². The van der Waals surface area contributed by atoms with E-state index in [1.807, 2.05) is 0 Å². The lowest BCUT2D eigenvalue weighted by molar-refractivity contribution is 0.486. The fourth-order valence-electron chi connectivity index (χ4n) is 9.30. The Balaban J connectivity index is 1.24. The van der Waals surface area contributed by atoms with Crippen LogP contribution in [0.4, 0.5) is 0 Å². The standard InChI is InChI=1S/C47H30O/c1-27-25-37-34-16-9-15-33-31(22-24-42(46(33)34)48-43(37)26-28(27)2)32-17-10-20-40-45(32)36-14-6-8-19-39(36)47(40)38-18-7-5-13-35(38)44-30-12-4-3-11-29(30)21-23-41(44)47/h3-26H,1-2H3. The summed E-state index contributed by atoms with van der Waals surface area (Å²) in [5.74, 6) is 1.86. The average molecular weight is 611 g/mol. The molecule has 8 aromatic carbocycles. The summed E-state index contributed by atoms with van der Waals surface area (Å²) >= 11 is 0. The Hall–Kier alpha value is -5.92. The Morgan fingerprint density at radius 3 is 1.88 bits per heavy atom. The van der Waals surface area contributed by atoms with Crippen LogP contribution in [-0.4, -0.2) is 0 Å². The van der Waals surface area contributed by atoms with E-state index in [1.165, 1.54) is 99.4 Å². The van der Waals surface area contributed by atoms with Gasteiger partial charge in [0.05, 0.1) is 5.41 Å². The van der Waals surface area contributed by atoms with Gasteiger partial charge in [0.1, 0.15) is 11.5 Å². The third kappa shape index (κ3) is 3.08. The molecule has 3 aliphatic rings. The van der Waals surface area contributed by atoms with E-state index in [0.717, 1.165) is 11.5 Å². The summed E-state index contributed by atoms with van der Waals surface area (Å²) in [6, 6.07) is 54.4. The number of hydrogen-bond donors (Lipinski definition) is 0. The molecule has 1 heterocycles. The Labute approximate surface area is 279 Å². The second-order valence-electron chi connectivity index (χ2n) is 13.7. The van der Waals surface area contributed by atoms with Crippen LogP contribution in [0.15, 0.2) is 146 Å². The van der Waals surface area contributed by atoms with Gasteiger partial charge in [0, 0.05) is 10.9 Å². The van der Waals surface area contributed by atoms with Crippen molar-refractivity contribution >= 4 is 21.5 Å². The van der Waals surface area contributed by atoms with E-state index < -0.39 is 5.41 Å². The number of aryl methyl sites for hydroxylation is 2. The Morgan fingerprint density at radius 1 is 0.396 bits per heavy atom. The van der Waals surface area contributed by atoms with Crippen molar-refractivity contribution in [1.29, 1.82) is 0 Å². The van der Waals surface area contributed by atoms with Crippen LogP contribution in [0.1, 0.15) is 33.4 Å². The van der Waals surface area contributed by atoms with Crippen LogP contribution in [0.25, 0.3) is 66.1 Å². The van der Waals surface area contributed by atoms with E-state index in [9.17, 15) is 0 Å². The summed E-state index contributed by atoms with van der Waals surface area (Å²) in [5, 5.41) is 5.00. The maximum atomic E-state index is 6.61. The van der Waals surface area contributed by atoms with Gasteiger partial charge >= 0.3 is 0 Å². The molecule has 0 fully saturated rings. The van der Waals surface area contributed by atoms with Crippen molar-refractivity contribution in [2.45, 2.75) is 19.3 Å². The predicted molar refractivity (Wildman–Crippen MR) is 198 cm³/mol.